The fraction of sp³-hybridized carbons (Fsp3) is 0.474. The van der Waals surface area contributed by atoms with E-state index in [1.807, 2.05) is 13.8 Å². The summed E-state index contributed by atoms with van der Waals surface area (Å²) in [5.74, 6) is -1.41. The van der Waals surface area contributed by atoms with Gasteiger partial charge in [-0.25, -0.2) is 4.98 Å². The first-order valence-corrected chi connectivity index (χ1v) is 10.2. The van der Waals surface area contributed by atoms with Crippen LogP contribution >= 0.6 is 22.9 Å². The highest BCUT2D eigenvalue weighted by Crippen LogP contribution is 2.28. The number of carbonyl (C=O) groups is 3. The monoisotopic (exact) mass is 441 g/mol. The standard InChI is InChI=1S/C19H24ClN3O5S/c1-10(2)7-13(17(25)27-3)21-14(18(26)28-4)9-16(24)23-19-22-12-6-5-11(20)8-15(12)29-19/h5-6,8,10,13-14,21H,7,9H2,1-4H3,(H,22,23,24). The van der Waals surface area contributed by atoms with Crippen LogP contribution in [0.5, 0.6) is 0 Å². The Kier molecular flexibility index (Phi) is 8.36. The number of fused-ring (bicyclic) bond motifs is 1. The predicted octanol–water partition coefficient (Wildman–Crippen LogP) is 3.00. The molecule has 0 saturated heterocycles. The van der Waals surface area contributed by atoms with Crippen molar-refractivity contribution in [3.8, 4) is 0 Å². The van der Waals surface area contributed by atoms with Crippen LogP contribution in [-0.4, -0.2) is 49.1 Å². The lowest BCUT2D eigenvalue weighted by Gasteiger charge is -2.23. The molecule has 0 spiro atoms. The Morgan fingerprint density at radius 2 is 1.79 bits per heavy atom. The van der Waals surface area contributed by atoms with Crippen LogP contribution < -0.4 is 10.6 Å². The first-order chi connectivity index (χ1) is 13.7. The lowest BCUT2D eigenvalue weighted by atomic mass is 10.0. The molecule has 8 nitrogen and oxygen atoms in total. The number of aromatic nitrogens is 1. The molecule has 158 valence electrons. The van der Waals surface area contributed by atoms with Crippen molar-refractivity contribution in [2.45, 2.75) is 38.8 Å². The van der Waals surface area contributed by atoms with E-state index in [4.69, 9.17) is 21.1 Å². The summed E-state index contributed by atoms with van der Waals surface area (Å²) in [7, 11) is 2.50. The van der Waals surface area contributed by atoms with Crippen molar-refractivity contribution >= 4 is 56.1 Å². The minimum absolute atomic E-state index is 0.174. The van der Waals surface area contributed by atoms with Crippen molar-refractivity contribution in [3.63, 3.8) is 0 Å². The molecule has 0 radical (unpaired) electrons. The van der Waals surface area contributed by atoms with Crippen LogP contribution in [0, 0.1) is 5.92 Å². The van der Waals surface area contributed by atoms with E-state index in [1.54, 1.807) is 18.2 Å². The molecule has 2 atom stereocenters. The zero-order chi connectivity index (χ0) is 21.6. The molecule has 2 unspecified atom stereocenters. The number of carbonyl (C=O) groups excluding carboxylic acids is 3. The van der Waals surface area contributed by atoms with E-state index in [0.29, 0.717) is 22.1 Å². The Hall–Kier alpha value is -2.23. The number of methoxy groups -OCH3 is 2. The minimum Gasteiger partial charge on any atom is -0.468 e. The number of nitrogens with zero attached hydrogens (tertiary/aromatic N) is 1. The van der Waals surface area contributed by atoms with E-state index in [1.165, 1.54) is 25.6 Å². The van der Waals surface area contributed by atoms with Gasteiger partial charge in [0.25, 0.3) is 0 Å². The second-order valence-electron chi connectivity index (χ2n) is 6.83. The van der Waals surface area contributed by atoms with Crippen LogP contribution in [0.4, 0.5) is 5.13 Å². The van der Waals surface area contributed by atoms with Gasteiger partial charge in [0, 0.05) is 5.02 Å². The van der Waals surface area contributed by atoms with Gasteiger partial charge in [-0.3, -0.25) is 19.7 Å². The van der Waals surface area contributed by atoms with Gasteiger partial charge in [0.2, 0.25) is 5.91 Å². The molecule has 0 bridgehead atoms. The van der Waals surface area contributed by atoms with E-state index in [2.05, 4.69) is 15.6 Å². The maximum atomic E-state index is 12.5. The summed E-state index contributed by atoms with van der Waals surface area (Å²) in [6, 6.07) is 3.49. The molecule has 2 rings (SSSR count). The number of rotatable bonds is 9. The van der Waals surface area contributed by atoms with Gasteiger partial charge in [0.05, 0.1) is 30.9 Å². The summed E-state index contributed by atoms with van der Waals surface area (Å²) < 4.78 is 10.4. The molecule has 1 aromatic heterocycles. The number of anilines is 1. The van der Waals surface area contributed by atoms with E-state index >= 15 is 0 Å². The minimum atomic E-state index is -1.01. The summed E-state index contributed by atoms with van der Waals surface area (Å²) in [6.45, 7) is 3.88. The van der Waals surface area contributed by atoms with Gasteiger partial charge in [-0.2, -0.15) is 0 Å². The third-order valence-electron chi connectivity index (χ3n) is 4.07. The summed E-state index contributed by atoms with van der Waals surface area (Å²) in [4.78, 5) is 41.0. The number of nitrogens with one attached hydrogen (secondary N) is 2. The average Bonchev–Trinajstić information content (AvgIpc) is 3.06. The van der Waals surface area contributed by atoms with E-state index in [-0.39, 0.29) is 12.3 Å². The molecular weight excluding hydrogens is 418 g/mol. The fourth-order valence-electron chi connectivity index (χ4n) is 2.75. The highest BCUT2D eigenvalue weighted by molar-refractivity contribution is 7.22. The quantitative estimate of drug-likeness (QED) is 0.576. The third kappa shape index (κ3) is 6.66. The Morgan fingerprint density at radius 1 is 1.14 bits per heavy atom. The molecule has 0 saturated carbocycles. The van der Waals surface area contributed by atoms with E-state index in [0.717, 1.165) is 4.70 Å². The molecule has 0 aliphatic heterocycles. The van der Waals surface area contributed by atoms with Crippen molar-refractivity contribution in [3.05, 3.63) is 23.2 Å². The summed E-state index contributed by atoms with van der Waals surface area (Å²) in [6.07, 6.45) is 0.218. The Balaban J connectivity index is 2.10. The Morgan fingerprint density at radius 3 is 2.41 bits per heavy atom. The fourth-order valence-corrected chi connectivity index (χ4v) is 3.91. The van der Waals surface area contributed by atoms with Crippen molar-refractivity contribution in [2.75, 3.05) is 19.5 Å². The molecule has 0 aliphatic rings. The van der Waals surface area contributed by atoms with Gasteiger partial charge in [-0.05, 0) is 30.5 Å². The van der Waals surface area contributed by atoms with Crippen LogP contribution in [0.1, 0.15) is 26.7 Å². The number of hydrogen-bond donors (Lipinski definition) is 2. The molecule has 10 heteroatoms. The van der Waals surface area contributed by atoms with Crippen LogP contribution in [-0.2, 0) is 23.9 Å². The first-order valence-electron chi connectivity index (χ1n) is 9.01. The van der Waals surface area contributed by atoms with Gasteiger partial charge in [-0.15, -0.1) is 0 Å². The third-order valence-corrected chi connectivity index (χ3v) is 5.24. The van der Waals surface area contributed by atoms with Gasteiger partial charge >= 0.3 is 11.9 Å². The van der Waals surface area contributed by atoms with Crippen molar-refractivity contribution in [1.82, 2.24) is 10.3 Å². The summed E-state index contributed by atoms with van der Waals surface area (Å²) in [5, 5.41) is 6.54. The van der Waals surface area contributed by atoms with Crippen LogP contribution in [0.2, 0.25) is 5.02 Å². The number of benzene rings is 1. The Labute approximate surface area is 177 Å². The maximum Gasteiger partial charge on any atom is 0.323 e. The predicted molar refractivity (Wildman–Crippen MR) is 112 cm³/mol. The smallest absolute Gasteiger partial charge is 0.323 e. The summed E-state index contributed by atoms with van der Waals surface area (Å²) >= 11 is 7.24. The second-order valence-corrected chi connectivity index (χ2v) is 8.30. The zero-order valence-electron chi connectivity index (χ0n) is 16.7. The maximum absolute atomic E-state index is 12.5. The molecule has 0 fully saturated rings. The lowest BCUT2D eigenvalue weighted by molar-refractivity contribution is -0.147. The lowest BCUT2D eigenvalue weighted by Crippen LogP contribution is -2.49. The highest BCUT2D eigenvalue weighted by Gasteiger charge is 2.30. The average molecular weight is 442 g/mol. The second kappa shape index (κ2) is 10.5. The van der Waals surface area contributed by atoms with Gasteiger partial charge in [0.15, 0.2) is 5.13 Å². The molecular formula is C19H24ClN3O5S. The molecule has 1 amide bonds. The van der Waals surface area contributed by atoms with Gasteiger partial charge in [0.1, 0.15) is 12.1 Å². The van der Waals surface area contributed by atoms with E-state index in [9.17, 15) is 14.4 Å². The number of ether oxygens (including phenoxy) is 2. The van der Waals surface area contributed by atoms with Gasteiger partial charge < -0.3 is 14.8 Å². The summed E-state index contributed by atoms with van der Waals surface area (Å²) in [5.41, 5.74) is 0.708. The molecule has 2 aromatic rings. The van der Waals surface area contributed by atoms with Crippen LogP contribution in [0.3, 0.4) is 0 Å². The number of thiazole rings is 1. The SMILES string of the molecule is COC(=O)C(CC(=O)Nc1nc2ccc(Cl)cc2s1)NC(CC(C)C)C(=O)OC. The molecule has 2 N–H and O–H groups in total. The number of esters is 2. The molecule has 1 aromatic carbocycles. The van der Waals surface area contributed by atoms with Gasteiger partial charge in [-0.1, -0.05) is 36.8 Å². The zero-order valence-corrected chi connectivity index (χ0v) is 18.2. The Bertz CT molecular complexity index is 886. The van der Waals surface area contributed by atoms with Crippen molar-refractivity contribution in [2.24, 2.45) is 5.92 Å². The molecule has 29 heavy (non-hydrogen) atoms. The number of hydrogen-bond acceptors (Lipinski definition) is 8. The van der Waals surface area contributed by atoms with Crippen LogP contribution in [0.15, 0.2) is 18.2 Å². The first kappa shape index (κ1) is 23.1. The van der Waals surface area contributed by atoms with Crippen molar-refractivity contribution in [1.29, 1.82) is 0 Å². The highest BCUT2D eigenvalue weighted by atomic mass is 35.5. The topological polar surface area (TPSA) is 107 Å². The van der Waals surface area contributed by atoms with Crippen LogP contribution in [0.25, 0.3) is 10.2 Å². The number of halogens is 1. The van der Waals surface area contributed by atoms with Crippen molar-refractivity contribution < 1.29 is 23.9 Å². The largest absolute Gasteiger partial charge is 0.468 e. The molecule has 1 heterocycles. The van der Waals surface area contributed by atoms with E-state index < -0.39 is 29.9 Å². The molecule has 0 aliphatic carbocycles. The normalized spacial score (nSPS) is 13.2. The number of amides is 1.